The summed E-state index contributed by atoms with van der Waals surface area (Å²) >= 11 is 0. The van der Waals surface area contributed by atoms with Crippen molar-refractivity contribution in [3.8, 4) is 11.5 Å². The van der Waals surface area contributed by atoms with Crippen molar-refractivity contribution in [2.45, 2.75) is 5.92 Å². The van der Waals surface area contributed by atoms with Crippen LogP contribution in [-0.2, 0) is 0 Å². The molecule has 94 valence electrons. The highest BCUT2D eigenvalue weighted by Gasteiger charge is 2.10. The molecule has 0 aliphatic carbocycles. The third kappa shape index (κ3) is 3.25. The van der Waals surface area contributed by atoms with Gasteiger partial charge in [-0.1, -0.05) is 30.3 Å². The van der Waals surface area contributed by atoms with Gasteiger partial charge < -0.3 is 14.9 Å². The Kier molecular flexibility index (Phi) is 4.20. The Bertz CT molecular complexity index is 465. The lowest BCUT2D eigenvalue weighted by Crippen LogP contribution is -2.14. The fourth-order valence-corrected chi connectivity index (χ4v) is 1.72. The molecule has 0 amide bonds. The van der Waals surface area contributed by atoms with Gasteiger partial charge >= 0.3 is 0 Å². The summed E-state index contributed by atoms with van der Waals surface area (Å²) in [6.45, 7) is 0.452. The van der Waals surface area contributed by atoms with Crippen LogP contribution in [0, 0.1) is 0 Å². The van der Waals surface area contributed by atoms with Gasteiger partial charge in [-0.3, -0.25) is 0 Å². The maximum Gasteiger partial charge on any atom is 0.119 e. The van der Waals surface area contributed by atoms with Crippen molar-refractivity contribution in [2.75, 3.05) is 13.2 Å². The highest BCUT2D eigenvalue weighted by Crippen LogP contribution is 2.20. The molecule has 0 aliphatic rings. The van der Waals surface area contributed by atoms with Crippen molar-refractivity contribution in [2.24, 2.45) is 0 Å². The number of aliphatic hydroxyl groups excluding tert-OH is 1. The van der Waals surface area contributed by atoms with Crippen LogP contribution in [0.25, 0.3) is 0 Å². The molecule has 0 aliphatic heterocycles. The molecule has 0 fully saturated rings. The van der Waals surface area contributed by atoms with Crippen LogP contribution in [0.3, 0.4) is 0 Å². The Labute approximate surface area is 106 Å². The quantitative estimate of drug-likeness (QED) is 0.849. The predicted molar refractivity (Wildman–Crippen MR) is 69.9 cm³/mol. The zero-order chi connectivity index (χ0) is 12.8. The molecule has 0 radical (unpaired) electrons. The average molecular weight is 244 g/mol. The number of rotatable bonds is 5. The number of ether oxygens (including phenoxy) is 1. The molecule has 3 nitrogen and oxygen atoms in total. The molecule has 1 atom stereocenters. The van der Waals surface area contributed by atoms with E-state index in [1.54, 1.807) is 24.3 Å². The average Bonchev–Trinajstić information content (AvgIpc) is 2.43. The molecule has 3 heteroatoms. The van der Waals surface area contributed by atoms with Crippen LogP contribution in [0.2, 0.25) is 0 Å². The Morgan fingerprint density at radius 2 is 1.61 bits per heavy atom. The lowest BCUT2D eigenvalue weighted by atomic mass is 10.0. The van der Waals surface area contributed by atoms with Gasteiger partial charge in [0.15, 0.2) is 0 Å². The summed E-state index contributed by atoms with van der Waals surface area (Å²) in [5.74, 6) is 0.853. The van der Waals surface area contributed by atoms with Gasteiger partial charge in [-0.05, 0) is 29.8 Å². The van der Waals surface area contributed by atoms with E-state index in [1.807, 2.05) is 30.3 Å². The van der Waals surface area contributed by atoms with Gasteiger partial charge in [-0.15, -0.1) is 0 Å². The lowest BCUT2D eigenvalue weighted by molar-refractivity contribution is 0.205. The van der Waals surface area contributed by atoms with Crippen molar-refractivity contribution < 1.29 is 14.9 Å². The second-order valence-corrected chi connectivity index (χ2v) is 4.10. The molecule has 2 aromatic rings. The Morgan fingerprint density at radius 1 is 0.944 bits per heavy atom. The SMILES string of the molecule is OCC(COc1ccc(O)cc1)c1ccccc1. The van der Waals surface area contributed by atoms with Crippen LogP contribution in [0.15, 0.2) is 54.6 Å². The number of aliphatic hydroxyl groups is 1. The Hall–Kier alpha value is -2.00. The molecule has 2 aromatic carbocycles. The fourth-order valence-electron chi connectivity index (χ4n) is 1.72. The zero-order valence-electron chi connectivity index (χ0n) is 9.99. The summed E-state index contributed by atoms with van der Waals surface area (Å²) in [6.07, 6.45) is 0. The second kappa shape index (κ2) is 6.07. The number of phenolic OH excluding ortho intramolecular Hbond substituents is 1. The summed E-state index contributed by atoms with van der Waals surface area (Å²) in [6, 6.07) is 16.3. The van der Waals surface area contributed by atoms with Crippen LogP contribution in [0.4, 0.5) is 0 Å². The van der Waals surface area contributed by atoms with Gasteiger partial charge in [0.25, 0.3) is 0 Å². The topological polar surface area (TPSA) is 49.7 Å². The molecule has 0 heterocycles. The Balaban J connectivity index is 1.97. The van der Waals surface area contributed by atoms with Gasteiger partial charge in [-0.2, -0.15) is 0 Å². The number of hydrogen-bond donors (Lipinski definition) is 2. The monoisotopic (exact) mass is 244 g/mol. The minimum Gasteiger partial charge on any atom is -0.508 e. The van der Waals surface area contributed by atoms with E-state index in [-0.39, 0.29) is 18.3 Å². The van der Waals surface area contributed by atoms with Crippen LogP contribution >= 0.6 is 0 Å². The molecule has 0 saturated heterocycles. The third-order valence-corrected chi connectivity index (χ3v) is 2.78. The van der Waals surface area contributed by atoms with E-state index in [0.717, 1.165) is 5.56 Å². The summed E-state index contributed by atoms with van der Waals surface area (Å²) in [4.78, 5) is 0. The molecule has 2 rings (SSSR count). The molecule has 18 heavy (non-hydrogen) atoms. The van der Waals surface area contributed by atoms with E-state index >= 15 is 0 Å². The van der Waals surface area contributed by atoms with E-state index in [9.17, 15) is 5.11 Å². The van der Waals surface area contributed by atoms with Crippen molar-refractivity contribution >= 4 is 0 Å². The molecule has 0 saturated carbocycles. The summed E-state index contributed by atoms with van der Waals surface area (Å²) in [5, 5.41) is 18.5. The predicted octanol–water partition coefficient (Wildman–Crippen LogP) is 2.55. The molecule has 2 N–H and O–H groups in total. The minimum absolute atomic E-state index is 0.0417. The van der Waals surface area contributed by atoms with E-state index in [1.165, 1.54) is 0 Å². The molecular weight excluding hydrogens is 228 g/mol. The first-order valence-corrected chi connectivity index (χ1v) is 5.87. The first-order chi connectivity index (χ1) is 8.79. The van der Waals surface area contributed by atoms with Crippen LogP contribution in [0.5, 0.6) is 11.5 Å². The fraction of sp³-hybridized carbons (Fsp3) is 0.200. The summed E-state index contributed by atoms with van der Waals surface area (Å²) in [7, 11) is 0. The standard InChI is InChI=1S/C15H16O3/c16-10-13(12-4-2-1-3-5-12)11-18-15-8-6-14(17)7-9-15/h1-9,13,16-17H,10-11H2. The van der Waals surface area contributed by atoms with Gasteiger partial charge in [0.1, 0.15) is 11.5 Å². The largest absolute Gasteiger partial charge is 0.508 e. The second-order valence-electron chi connectivity index (χ2n) is 4.10. The van der Waals surface area contributed by atoms with E-state index in [2.05, 4.69) is 0 Å². The first-order valence-electron chi connectivity index (χ1n) is 5.87. The van der Waals surface area contributed by atoms with Crippen LogP contribution in [-0.4, -0.2) is 23.4 Å². The molecule has 0 spiro atoms. The maximum atomic E-state index is 9.38. The third-order valence-electron chi connectivity index (χ3n) is 2.78. The van der Waals surface area contributed by atoms with Gasteiger partial charge in [0, 0.05) is 5.92 Å². The van der Waals surface area contributed by atoms with Crippen LogP contribution in [0.1, 0.15) is 11.5 Å². The molecule has 1 unspecified atom stereocenters. The van der Waals surface area contributed by atoms with Crippen molar-refractivity contribution in [3.63, 3.8) is 0 Å². The van der Waals surface area contributed by atoms with Crippen molar-refractivity contribution in [1.82, 2.24) is 0 Å². The summed E-state index contributed by atoms with van der Waals surface area (Å²) < 4.78 is 5.60. The smallest absolute Gasteiger partial charge is 0.119 e. The molecular formula is C15H16O3. The number of benzene rings is 2. The highest BCUT2D eigenvalue weighted by molar-refractivity contribution is 5.30. The molecule has 0 aromatic heterocycles. The van der Waals surface area contributed by atoms with E-state index in [4.69, 9.17) is 9.84 Å². The van der Waals surface area contributed by atoms with Gasteiger partial charge in [0.05, 0.1) is 13.2 Å². The maximum absolute atomic E-state index is 9.38. The lowest BCUT2D eigenvalue weighted by Gasteiger charge is -2.15. The van der Waals surface area contributed by atoms with E-state index in [0.29, 0.717) is 12.4 Å². The zero-order valence-corrected chi connectivity index (χ0v) is 9.99. The number of phenols is 1. The van der Waals surface area contributed by atoms with Gasteiger partial charge in [0.2, 0.25) is 0 Å². The summed E-state index contributed by atoms with van der Waals surface area (Å²) in [5.41, 5.74) is 1.05. The minimum atomic E-state index is -0.0417. The molecule has 0 bridgehead atoms. The normalized spacial score (nSPS) is 12.1. The first kappa shape index (κ1) is 12.5. The highest BCUT2D eigenvalue weighted by atomic mass is 16.5. The van der Waals surface area contributed by atoms with Crippen molar-refractivity contribution in [1.29, 1.82) is 0 Å². The number of aromatic hydroxyl groups is 1. The van der Waals surface area contributed by atoms with Crippen LogP contribution < -0.4 is 4.74 Å². The van der Waals surface area contributed by atoms with E-state index < -0.39 is 0 Å². The number of hydrogen-bond acceptors (Lipinski definition) is 3. The van der Waals surface area contributed by atoms with Crippen molar-refractivity contribution in [3.05, 3.63) is 60.2 Å². The Morgan fingerprint density at radius 3 is 2.22 bits per heavy atom. The van der Waals surface area contributed by atoms with Gasteiger partial charge in [-0.25, -0.2) is 0 Å².